The van der Waals surface area contributed by atoms with Crippen LogP contribution in [0.5, 0.6) is 23.0 Å². The van der Waals surface area contributed by atoms with E-state index in [0.717, 1.165) is 5.56 Å². The molecule has 3 heterocycles. The number of oxime groups is 1. The molecule has 3 aliphatic rings. The van der Waals surface area contributed by atoms with Crippen LogP contribution in [0, 0.1) is 30.6 Å². The monoisotopic (exact) mass is 884 g/mol. The van der Waals surface area contributed by atoms with Crippen molar-refractivity contribution in [2.24, 2.45) is 28.8 Å². The zero-order valence-electron chi connectivity index (χ0n) is 37.9. The zero-order valence-corrected chi connectivity index (χ0v) is 37.9. The summed E-state index contributed by atoms with van der Waals surface area (Å²) in [5.74, 6) is -8.56. The van der Waals surface area contributed by atoms with Gasteiger partial charge in [-0.05, 0) is 44.6 Å². The molecule has 3 aromatic rings. The maximum absolute atomic E-state index is 14.5. The largest absolute Gasteiger partial charge is 0.507 e. The van der Waals surface area contributed by atoms with Crippen LogP contribution in [0.1, 0.15) is 82.4 Å². The number of phenolic OH excluding ortho intramolecular Hbond substituents is 3. The third-order valence-corrected chi connectivity index (χ3v) is 12.1. The first-order valence-electron chi connectivity index (χ1n) is 21.2. The highest BCUT2D eigenvalue weighted by Gasteiger charge is 2.50. The number of carbonyl (C=O) groups is 3. The fourth-order valence-corrected chi connectivity index (χ4v) is 8.10. The number of nitrogens with one attached hydrogen (secondary N) is 1. The van der Waals surface area contributed by atoms with Gasteiger partial charge >= 0.3 is 11.8 Å². The Bertz CT molecular complexity index is 2390. The summed E-state index contributed by atoms with van der Waals surface area (Å²) < 4.78 is 23.6. The maximum atomic E-state index is 14.5. The standard InChI is InChI=1S/C49H60N2O13/c1-25-15-14-16-26(2)48(59)50-39-34(20-19-27(3)51-62-24-21-33-17-12-11-13-18-33)43(56)36-37(44(39)57)42(55)31(7)46-38(36)47(58)49(9,64-46)61-23-22-35(60-10)28(4)45(63-32(8)52)30(6)41(54)29(5)40(25)53/h11-20,22-23,25,28-30,35,40-41,45,53-57H,21,24H2,1-10H3,(H,50,59)/b15-14+,20-19+,23-22+,26-16-,51-27-. The van der Waals surface area contributed by atoms with Crippen molar-refractivity contribution in [1.29, 1.82) is 0 Å². The molecule has 15 nitrogen and oxygen atoms in total. The van der Waals surface area contributed by atoms with Crippen molar-refractivity contribution in [2.45, 2.75) is 98.9 Å². The fourth-order valence-electron chi connectivity index (χ4n) is 8.10. The van der Waals surface area contributed by atoms with Crippen molar-refractivity contribution in [3.8, 4) is 23.0 Å². The van der Waals surface area contributed by atoms with Gasteiger partial charge in [-0.1, -0.05) is 81.4 Å². The molecule has 0 saturated carbocycles. The molecule has 0 aliphatic carbocycles. The van der Waals surface area contributed by atoms with Gasteiger partial charge in [-0.2, -0.15) is 0 Å². The molecule has 344 valence electrons. The van der Waals surface area contributed by atoms with Crippen LogP contribution >= 0.6 is 0 Å². The predicted octanol–water partition coefficient (Wildman–Crippen LogP) is 7.40. The number of fused-ring (bicyclic) bond motifs is 14. The van der Waals surface area contributed by atoms with E-state index in [0.29, 0.717) is 12.1 Å². The van der Waals surface area contributed by atoms with Gasteiger partial charge in [0.2, 0.25) is 0 Å². The zero-order chi connectivity index (χ0) is 47.2. The average molecular weight is 885 g/mol. The lowest BCUT2D eigenvalue weighted by Gasteiger charge is -2.38. The number of phenols is 3. The number of Topliss-reactive ketones (excluding diaryl/α,β-unsaturated/α-hetero) is 1. The summed E-state index contributed by atoms with van der Waals surface area (Å²) in [4.78, 5) is 46.2. The lowest BCUT2D eigenvalue weighted by molar-refractivity contribution is -0.160. The van der Waals surface area contributed by atoms with Gasteiger partial charge in [0.05, 0.1) is 46.9 Å². The maximum Gasteiger partial charge on any atom is 0.312 e. The van der Waals surface area contributed by atoms with Crippen molar-refractivity contribution < 1.29 is 63.7 Å². The molecule has 9 unspecified atom stereocenters. The number of carbonyl (C=O) groups excluding carboxylic acids is 3. The third-order valence-electron chi connectivity index (χ3n) is 12.1. The molecule has 0 spiro atoms. The predicted molar refractivity (Wildman–Crippen MR) is 242 cm³/mol. The van der Waals surface area contributed by atoms with Gasteiger partial charge in [0.25, 0.3) is 11.7 Å². The number of hydrogen-bond acceptors (Lipinski definition) is 14. The van der Waals surface area contributed by atoms with Crippen LogP contribution in [0.4, 0.5) is 5.69 Å². The average Bonchev–Trinajstić information content (AvgIpc) is 3.53. The number of hydrogen-bond donors (Lipinski definition) is 6. The van der Waals surface area contributed by atoms with Crippen molar-refractivity contribution >= 4 is 45.9 Å². The molecule has 64 heavy (non-hydrogen) atoms. The van der Waals surface area contributed by atoms with E-state index in [1.165, 1.54) is 65.4 Å². The molecule has 0 aromatic heterocycles. The van der Waals surface area contributed by atoms with Gasteiger partial charge in [0, 0.05) is 73.1 Å². The molecular weight excluding hydrogens is 825 g/mol. The Balaban J connectivity index is 1.66. The van der Waals surface area contributed by atoms with Crippen LogP contribution in [0.25, 0.3) is 16.8 Å². The van der Waals surface area contributed by atoms with Crippen LogP contribution in [-0.4, -0.2) is 92.8 Å². The number of aliphatic hydroxyl groups excluding tert-OH is 2. The summed E-state index contributed by atoms with van der Waals surface area (Å²) in [6.07, 6.45) is 6.93. The summed E-state index contributed by atoms with van der Waals surface area (Å²) in [6, 6.07) is 9.70. The number of anilines is 1. The highest BCUT2D eigenvalue weighted by molar-refractivity contribution is 6.23. The summed E-state index contributed by atoms with van der Waals surface area (Å²) in [6.45, 7) is 14.4. The van der Waals surface area contributed by atoms with E-state index in [2.05, 4.69) is 10.5 Å². The Kier molecular flexibility index (Phi) is 15.7. The van der Waals surface area contributed by atoms with Gasteiger partial charge in [-0.25, -0.2) is 0 Å². The number of ether oxygens (including phenoxy) is 4. The number of allylic oxidation sites excluding steroid dienone is 3. The van der Waals surface area contributed by atoms with E-state index in [1.807, 2.05) is 30.3 Å². The molecule has 6 N–H and O–H groups in total. The molecule has 5 bridgehead atoms. The minimum atomic E-state index is -2.07. The number of esters is 1. The second kappa shape index (κ2) is 20.6. The Morgan fingerprint density at radius 3 is 2.27 bits per heavy atom. The minimum absolute atomic E-state index is 0.0375. The molecular formula is C49H60N2O13. The number of benzene rings is 3. The van der Waals surface area contributed by atoms with Gasteiger partial charge < -0.3 is 54.6 Å². The molecule has 0 saturated heterocycles. The first kappa shape index (κ1) is 48.9. The van der Waals surface area contributed by atoms with Crippen LogP contribution in [-0.2, 0) is 35.1 Å². The van der Waals surface area contributed by atoms with Crippen molar-refractivity contribution in [2.75, 3.05) is 19.0 Å². The quantitative estimate of drug-likeness (QED) is 0.0325. The third kappa shape index (κ3) is 10.3. The second-order valence-corrected chi connectivity index (χ2v) is 16.8. The van der Waals surface area contributed by atoms with Gasteiger partial charge in [-0.3, -0.25) is 14.4 Å². The highest BCUT2D eigenvalue weighted by Crippen LogP contribution is 2.55. The van der Waals surface area contributed by atoms with Crippen molar-refractivity contribution in [3.63, 3.8) is 0 Å². The smallest absolute Gasteiger partial charge is 0.312 e. The summed E-state index contributed by atoms with van der Waals surface area (Å²) in [5, 5.41) is 64.9. The molecule has 3 aliphatic heterocycles. The minimum Gasteiger partial charge on any atom is -0.507 e. The first-order valence-corrected chi connectivity index (χ1v) is 21.2. The normalized spacial score (nSPS) is 28.9. The van der Waals surface area contributed by atoms with Crippen molar-refractivity contribution in [1.82, 2.24) is 0 Å². The lowest BCUT2D eigenvalue weighted by atomic mass is 9.78. The van der Waals surface area contributed by atoms with Crippen LogP contribution in [0.15, 0.2) is 77.7 Å². The summed E-state index contributed by atoms with van der Waals surface area (Å²) in [7, 11) is 1.43. The second-order valence-electron chi connectivity index (χ2n) is 16.8. The first-order chi connectivity index (χ1) is 30.2. The fraction of sp³-hybridized carbons (Fsp3) is 0.429. The Hall–Kier alpha value is -6.16. The van der Waals surface area contributed by atoms with Crippen LogP contribution < -0.4 is 10.1 Å². The topological polar surface area (TPSA) is 223 Å². The van der Waals surface area contributed by atoms with E-state index >= 15 is 0 Å². The van der Waals surface area contributed by atoms with E-state index in [-0.39, 0.29) is 51.1 Å². The van der Waals surface area contributed by atoms with Gasteiger partial charge in [0.15, 0.2) is 5.75 Å². The number of rotatable bonds is 8. The number of amides is 1. The number of ketones is 1. The summed E-state index contributed by atoms with van der Waals surface area (Å²) >= 11 is 0. The Labute approximate surface area is 373 Å². The van der Waals surface area contributed by atoms with Crippen LogP contribution in [0.2, 0.25) is 0 Å². The van der Waals surface area contributed by atoms with Crippen LogP contribution in [0.3, 0.4) is 0 Å². The number of methoxy groups -OCH3 is 1. The molecule has 0 fully saturated rings. The van der Waals surface area contributed by atoms with Gasteiger partial charge in [0.1, 0.15) is 30.0 Å². The molecule has 1 amide bonds. The lowest BCUT2D eigenvalue weighted by Crippen LogP contribution is -2.46. The van der Waals surface area contributed by atoms with E-state index in [1.54, 1.807) is 46.8 Å². The number of aromatic hydroxyl groups is 3. The van der Waals surface area contributed by atoms with E-state index < -0.39 is 88.8 Å². The molecule has 9 atom stereocenters. The van der Waals surface area contributed by atoms with Gasteiger partial charge in [-0.15, -0.1) is 0 Å². The molecule has 3 aromatic carbocycles. The SMILES string of the molecule is COC1/C=C/OC2(C)Oc3c(C)c(O)c4c(O)c(c(/C=C/C(C)=N\OCCc5ccccc5)c(O)c4c3C2=O)NC(=O)/C(C)=C\C=C\C(C)C(O)C(C)C(O)C(C)C(OC(C)=O)C1C. The Morgan fingerprint density at radius 2 is 1.61 bits per heavy atom. The molecule has 6 rings (SSSR count). The molecule has 0 radical (unpaired) electrons. The number of nitrogens with zero attached hydrogens (tertiary/aromatic N) is 1. The van der Waals surface area contributed by atoms with E-state index in [4.69, 9.17) is 23.8 Å². The Morgan fingerprint density at radius 1 is 0.922 bits per heavy atom. The highest BCUT2D eigenvalue weighted by atomic mass is 16.7. The summed E-state index contributed by atoms with van der Waals surface area (Å²) in [5.41, 5.74) is 0.972. The van der Waals surface area contributed by atoms with E-state index in [9.17, 15) is 39.9 Å². The number of aliphatic hydroxyl groups is 2. The van der Waals surface area contributed by atoms with Crippen molar-refractivity contribution in [3.05, 3.63) is 94.8 Å². The molecule has 15 heteroatoms.